The number of nitrogens with zero attached hydrogens (tertiary/aromatic N) is 1. The standard InChI is InChI=1S/C16H19ClN2O/c1-13(12-14-6-3-2-4-7-14)18-10-11-20-16-9-5-8-15(17)19-16/h2-9,13,18H,10-12H2,1H3. The fourth-order valence-electron chi connectivity index (χ4n) is 1.97. The third kappa shape index (κ3) is 5.19. The van der Waals surface area contributed by atoms with Gasteiger partial charge in [-0.1, -0.05) is 48.0 Å². The Hall–Kier alpha value is -1.58. The van der Waals surface area contributed by atoms with Gasteiger partial charge in [-0.05, 0) is 25.0 Å². The molecule has 1 heterocycles. The number of hydrogen-bond acceptors (Lipinski definition) is 3. The number of ether oxygens (including phenoxy) is 1. The van der Waals surface area contributed by atoms with E-state index < -0.39 is 0 Å². The maximum atomic E-state index is 5.79. The van der Waals surface area contributed by atoms with Crippen LogP contribution < -0.4 is 10.1 Å². The Labute approximate surface area is 124 Å². The van der Waals surface area contributed by atoms with Crippen LogP contribution in [0.5, 0.6) is 5.88 Å². The number of benzene rings is 1. The number of aromatic nitrogens is 1. The molecule has 1 atom stereocenters. The van der Waals surface area contributed by atoms with Gasteiger partial charge in [0.1, 0.15) is 11.8 Å². The van der Waals surface area contributed by atoms with E-state index in [2.05, 4.69) is 41.5 Å². The van der Waals surface area contributed by atoms with Gasteiger partial charge in [0.15, 0.2) is 0 Å². The molecule has 0 saturated heterocycles. The lowest BCUT2D eigenvalue weighted by Crippen LogP contribution is -2.31. The van der Waals surface area contributed by atoms with Crippen LogP contribution in [0, 0.1) is 0 Å². The number of nitrogens with one attached hydrogen (secondary N) is 1. The molecule has 106 valence electrons. The van der Waals surface area contributed by atoms with Crippen LogP contribution >= 0.6 is 11.6 Å². The Morgan fingerprint density at radius 1 is 1.15 bits per heavy atom. The molecule has 0 amide bonds. The van der Waals surface area contributed by atoms with Crippen LogP contribution in [0.4, 0.5) is 0 Å². The summed E-state index contributed by atoms with van der Waals surface area (Å²) in [7, 11) is 0. The van der Waals surface area contributed by atoms with Crippen LogP contribution in [-0.2, 0) is 6.42 Å². The first-order valence-electron chi connectivity index (χ1n) is 6.77. The fraction of sp³-hybridized carbons (Fsp3) is 0.312. The summed E-state index contributed by atoms with van der Waals surface area (Å²) >= 11 is 5.79. The predicted octanol–water partition coefficient (Wildman–Crippen LogP) is 3.33. The molecule has 3 nitrogen and oxygen atoms in total. The van der Waals surface area contributed by atoms with Crippen molar-refractivity contribution in [1.29, 1.82) is 0 Å². The van der Waals surface area contributed by atoms with Gasteiger partial charge in [0.2, 0.25) is 5.88 Å². The summed E-state index contributed by atoms with van der Waals surface area (Å²) < 4.78 is 5.53. The SMILES string of the molecule is CC(Cc1ccccc1)NCCOc1cccc(Cl)n1. The quantitative estimate of drug-likeness (QED) is 0.627. The molecule has 0 aliphatic rings. The first-order valence-corrected chi connectivity index (χ1v) is 7.14. The Kier molecular flexibility index (Phi) is 5.84. The predicted molar refractivity (Wildman–Crippen MR) is 82.4 cm³/mol. The van der Waals surface area contributed by atoms with Crippen LogP contribution in [0.1, 0.15) is 12.5 Å². The van der Waals surface area contributed by atoms with Crippen LogP contribution in [-0.4, -0.2) is 24.2 Å². The van der Waals surface area contributed by atoms with Gasteiger partial charge in [-0.15, -0.1) is 0 Å². The second kappa shape index (κ2) is 7.88. The molecule has 0 radical (unpaired) electrons. The second-order valence-corrected chi connectivity index (χ2v) is 5.08. The van der Waals surface area contributed by atoms with Gasteiger partial charge in [-0.3, -0.25) is 0 Å². The zero-order valence-corrected chi connectivity index (χ0v) is 12.3. The highest BCUT2D eigenvalue weighted by Gasteiger charge is 2.02. The summed E-state index contributed by atoms with van der Waals surface area (Å²) in [5.74, 6) is 0.565. The van der Waals surface area contributed by atoms with Gasteiger partial charge < -0.3 is 10.1 Å². The number of pyridine rings is 1. The molecule has 0 fully saturated rings. The molecule has 20 heavy (non-hydrogen) atoms. The maximum absolute atomic E-state index is 5.79. The average molecular weight is 291 g/mol. The van der Waals surface area contributed by atoms with Gasteiger partial charge in [-0.2, -0.15) is 0 Å². The molecule has 2 rings (SSSR count). The molecule has 4 heteroatoms. The zero-order valence-electron chi connectivity index (χ0n) is 11.6. The summed E-state index contributed by atoms with van der Waals surface area (Å²) in [5, 5.41) is 3.88. The molecule has 0 spiro atoms. The molecule has 1 unspecified atom stereocenters. The largest absolute Gasteiger partial charge is 0.476 e. The highest BCUT2D eigenvalue weighted by atomic mass is 35.5. The van der Waals surface area contributed by atoms with Crippen molar-refractivity contribution in [3.63, 3.8) is 0 Å². The number of halogens is 1. The first kappa shape index (κ1) is 14.8. The molecule has 0 bridgehead atoms. The van der Waals surface area contributed by atoms with E-state index in [-0.39, 0.29) is 0 Å². The van der Waals surface area contributed by atoms with Crippen LogP contribution in [0.3, 0.4) is 0 Å². The van der Waals surface area contributed by atoms with E-state index in [1.165, 1.54) is 5.56 Å². The van der Waals surface area contributed by atoms with E-state index in [1.807, 2.05) is 12.1 Å². The van der Waals surface area contributed by atoms with Crippen LogP contribution in [0.15, 0.2) is 48.5 Å². The summed E-state index contributed by atoms with van der Waals surface area (Å²) in [4.78, 5) is 4.07. The number of hydrogen-bond donors (Lipinski definition) is 1. The molecule has 0 aliphatic carbocycles. The van der Waals surface area contributed by atoms with Crippen molar-refractivity contribution in [3.8, 4) is 5.88 Å². The second-order valence-electron chi connectivity index (χ2n) is 4.69. The number of rotatable bonds is 7. The summed E-state index contributed by atoms with van der Waals surface area (Å²) in [6, 6.07) is 16.2. The summed E-state index contributed by atoms with van der Waals surface area (Å²) in [5.41, 5.74) is 1.34. The van der Waals surface area contributed by atoms with Crippen molar-refractivity contribution in [1.82, 2.24) is 10.3 Å². The van der Waals surface area contributed by atoms with E-state index in [4.69, 9.17) is 16.3 Å². The third-order valence-corrected chi connectivity index (χ3v) is 3.13. The first-order chi connectivity index (χ1) is 9.74. The molecular weight excluding hydrogens is 272 g/mol. The van der Waals surface area contributed by atoms with Gasteiger partial charge in [-0.25, -0.2) is 4.98 Å². The lowest BCUT2D eigenvalue weighted by molar-refractivity contribution is 0.296. The topological polar surface area (TPSA) is 34.1 Å². The van der Waals surface area contributed by atoms with Gasteiger partial charge in [0.05, 0.1) is 0 Å². The smallest absolute Gasteiger partial charge is 0.214 e. The van der Waals surface area contributed by atoms with Crippen molar-refractivity contribution in [3.05, 3.63) is 59.2 Å². The highest BCUT2D eigenvalue weighted by Crippen LogP contribution is 2.10. The van der Waals surface area contributed by atoms with Crippen molar-refractivity contribution in [2.45, 2.75) is 19.4 Å². The van der Waals surface area contributed by atoms with Crippen molar-refractivity contribution >= 4 is 11.6 Å². The van der Waals surface area contributed by atoms with Gasteiger partial charge in [0, 0.05) is 18.7 Å². The fourth-order valence-corrected chi connectivity index (χ4v) is 2.13. The van der Waals surface area contributed by atoms with Crippen molar-refractivity contribution < 1.29 is 4.74 Å². The lowest BCUT2D eigenvalue weighted by Gasteiger charge is -2.14. The Morgan fingerprint density at radius 3 is 2.70 bits per heavy atom. The normalized spacial score (nSPS) is 12.1. The molecule has 0 aliphatic heterocycles. The van der Waals surface area contributed by atoms with E-state index in [9.17, 15) is 0 Å². The maximum Gasteiger partial charge on any atom is 0.214 e. The average Bonchev–Trinajstić information content (AvgIpc) is 2.45. The minimum Gasteiger partial charge on any atom is -0.476 e. The lowest BCUT2D eigenvalue weighted by atomic mass is 10.1. The Morgan fingerprint density at radius 2 is 1.95 bits per heavy atom. The van der Waals surface area contributed by atoms with E-state index in [0.29, 0.717) is 23.7 Å². The van der Waals surface area contributed by atoms with E-state index >= 15 is 0 Å². The van der Waals surface area contributed by atoms with Crippen molar-refractivity contribution in [2.24, 2.45) is 0 Å². The highest BCUT2D eigenvalue weighted by molar-refractivity contribution is 6.29. The van der Waals surface area contributed by atoms with Gasteiger partial charge >= 0.3 is 0 Å². The van der Waals surface area contributed by atoms with Crippen molar-refractivity contribution in [2.75, 3.05) is 13.2 Å². The Balaban J connectivity index is 1.66. The molecule has 0 saturated carbocycles. The third-order valence-electron chi connectivity index (χ3n) is 2.92. The van der Waals surface area contributed by atoms with Crippen LogP contribution in [0.25, 0.3) is 0 Å². The monoisotopic (exact) mass is 290 g/mol. The van der Waals surface area contributed by atoms with Crippen LogP contribution in [0.2, 0.25) is 5.15 Å². The summed E-state index contributed by atoms with van der Waals surface area (Å²) in [6.45, 7) is 3.53. The zero-order chi connectivity index (χ0) is 14.2. The van der Waals surface area contributed by atoms with E-state index in [1.54, 1.807) is 12.1 Å². The molecule has 1 aromatic carbocycles. The molecule has 1 aromatic heterocycles. The van der Waals surface area contributed by atoms with Gasteiger partial charge in [0.25, 0.3) is 0 Å². The molecule has 2 aromatic rings. The Bertz CT molecular complexity index is 519. The molecule has 1 N–H and O–H groups in total. The summed E-state index contributed by atoms with van der Waals surface area (Å²) in [6.07, 6.45) is 1.01. The molecular formula is C16H19ClN2O. The minimum atomic E-state index is 0.410. The van der Waals surface area contributed by atoms with E-state index in [0.717, 1.165) is 13.0 Å². The minimum absolute atomic E-state index is 0.410.